The number of amides is 3. The molecular weight excluding hydrogens is 334 g/mol. The number of nitrogens with zero attached hydrogens (tertiary/aromatic N) is 2. The molecule has 7 heteroatoms. The van der Waals surface area contributed by atoms with Crippen LogP contribution in [-0.4, -0.2) is 72.5 Å². The summed E-state index contributed by atoms with van der Waals surface area (Å²) in [5.74, 6) is -0.724. The van der Waals surface area contributed by atoms with Crippen molar-refractivity contribution < 1.29 is 19.1 Å². The molecule has 2 atom stereocenters. The number of fused-ring (bicyclic) bond motifs is 1. The van der Waals surface area contributed by atoms with E-state index in [4.69, 9.17) is 4.74 Å². The van der Waals surface area contributed by atoms with Gasteiger partial charge in [0.15, 0.2) is 0 Å². The summed E-state index contributed by atoms with van der Waals surface area (Å²) in [4.78, 5) is 41.1. The quantitative estimate of drug-likeness (QED) is 0.813. The Balaban J connectivity index is 1.54. The van der Waals surface area contributed by atoms with Crippen LogP contribution in [0.15, 0.2) is 18.2 Å². The number of benzene rings is 1. The van der Waals surface area contributed by atoms with E-state index in [0.29, 0.717) is 36.4 Å². The molecule has 7 nitrogen and oxygen atoms in total. The minimum atomic E-state index is -0.330. The molecule has 138 valence electrons. The molecule has 1 aromatic rings. The lowest BCUT2D eigenvalue weighted by molar-refractivity contribution is 0.0475. The van der Waals surface area contributed by atoms with Gasteiger partial charge in [-0.15, -0.1) is 0 Å². The topological polar surface area (TPSA) is 79.0 Å². The van der Waals surface area contributed by atoms with Crippen LogP contribution in [0.4, 0.5) is 0 Å². The summed E-state index contributed by atoms with van der Waals surface area (Å²) >= 11 is 0. The van der Waals surface area contributed by atoms with Crippen LogP contribution in [0.3, 0.4) is 0 Å². The van der Waals surface area contributed by atoms with Crippen molar-refractivity contribution in [2.75, 3.05) is 32.8 Å². The van der Waals surface area contributed by atoms with Crippen LogP contribution in [0.25, 0.3) is 0 Å². The summed E-state index contributed by atoms with van der Waals surface area (Å²) in [6.45, 7) is 5.02. The van der Waals surface area contributed by atoms with Gasteiger partial charge in [0.2, 0.25) is 0 Å². The van der Waals surface area contributed by atoms with Crippen molar-refractivity contribution in [2.24, 2.45) is 0 Å². The Morgan fingerprint density at radius 2 is 2.08 bits per heavy atom. The Labute approximate surface area is 152 Å². The van der Waals surface area contributed by atoms with E-state index in [9.17, 15) is 14.4 Å². The van der Waals surface area contributed by atoms with Gasteiger partial charge in [0.05, 0.1) is 23.8 Å². The van der Waals surface area contributed by atoms with E-state index >= 15 is 0 Å². The van der Waals surface area contributed by atoms with Crippen LogP contribution in [0.1, 0.15) is 50.8 Å². The molecule has 2 saturated heterocycles. The molecule has 3 aliphatic heterocycles. The molecule has 0 bridgehead atoms. The van der Waals surface area contributed by atoms with E-state index in [1.165, 1.54) is 4.90 Å². The largest absolute Gasteiger partial charge is 0.376 e. The van der Waals surface area contributed by atoms with Gasteiger partial charge in [0, 0.05) is 37.8 Å². The van der Waals surface area contributed by atoms with Gasteiger partial charge in [0.25, 0.3) is 17.7 Å². The predicted octanol–water partition coefficient (Wildman–Crippen LogP) is 0.895. The summed E-state index contributed by atoms with van der Waals surface area (Å²) in [6, 6.07) is 5.06. The average molecular weight is 357 g/mol. The van der Waals surface area contributed by atoms with Crippen LogP contribution in [-0.2, 0) is 4.74 Å². The van der Waals surface area contributed by atoms with Gasteiger partial charge in [-0.25, -0.2) is 0 Å². The van der Waals surface area contributed by atoms with Gasteiger partial charge >= 0.3 is 0 Å². The van der Waals surface area contributed by atoms with Gasteiger partial charge in [0.1, 0.15) is 0 Å². The van der Waals surface area contributed by atoms with Gasteiger partial charge in [-0.2, -0.15) is 0 Å². The van der Waals surface area contributed by atoms with Crippen LogP contribution in [0, 0.1) is 0 Å². The average Bonchev–Trinajstić information content (AvgIpc) is 3.24. The van der Waals surface area contributed by atoms with Crippen LogP contribution >= 0.6 is 0 Å². The molecular formula is C19H23N3O4. The molecule has 0 aromatic heterocycles. The Morgan fingerprint density at radius 1 is 1.27 bits per heavy atom. The third-order valence-electron chi connectivity index (χ3n) is 5.28. The second-order valence-electron chi connectivity index (χ2n) is 7.22. The van der Waals surface area contributed by atoms with E-state index in [1.807, 2.05) is 6.92 Å². The Bertz CT molecular complexity index is 757. The normalized spacial score (nSPS) is 25.7. The lowest BCUT2D eigenvalue weighted by Crippen LogP contribution is -2.51. The maximum absolute atomic E-state index is 12.8. The molecule has 0 spiro atoms. The number of hydrogen-bond donors (Lipinski definition) is 1. The highest BCUT2D eigenvalue weighted by Gasteiger charge is 2.38. The van der Waals surface area contributed by atoms with Crippen molar-refractivity contribution in [1.29, 1.82) is 0 Å². The Hall–Kier alpha value is -2.25. The fourth-order valence-electron chi connectivity index (χ4n) is 3.88. The van der Waals surface area contributed by atoms with Gasteiger partial charge in [-0.05, 0) is 38.0 Å². The first kappa shape index (κ1) is 17.2. The smallest absolute Gasteiger partial charge is 0.261 e. The third-order valence-corrected chi connectivity index (χ3v) is 5.28. The van der Waals surface area contributed by atoms with Crippen molar-refractivity contribution in [3.8, 4) is 0 Å². The van der Waals surface area contributed by atoms with Crippen molar-refractivity contribution in [2.45, 2.75) is 31.9 Å². The van der Waals surface area contributed by atoms with Crippen molar-refractivity contribution in [3.05, 3.63) is 34.9 Å². The molecule has 0 radical (unpaired) electrons. The minimum Gasteiger partial charge on any atom is -0.376 e. The summed E-state index contributed by atoms with van der Waals surface area (Å²) < 4.78 is 5.55. The predicted molar refractivity (Wildman–Crippen MR) is 94.2 cm³/mol. The summed E-state index contributed by atoms with van der Waals surface area (Å²) in [6.07, 6.45) is 1.73. The second kappa shape index (κ2) is 6.81. The van der Waals surface area contributed by atoms with Crippen LogP contribution in [0.5, 0.6) is 0 Å². The number of carbonyl (C=O) groups excluding carboxylic acids is 3. The molecule has 3 aliphatic rings. The summed E-state index contributed by atoms with van der Waals surface area (Å²) in [5.41, 5.74) is 1.15. The maximum Gasteiger partial charge on any atom is 0.261 e. The highest BCUT2D eigenvalue weighted by Crippen LogP contribution is 2.26. The highest BCUT2D eigenvalue weighted by atomic mass is 16.5. The molecule has 1 aromatic carbocycles. The number of imide groups is 1. The first-order valence-corrected chi connectivity index (χ1v) is 9.19. The molecule has 0 saturated carbocycles. The lowest BCUT2D eigenvalue weighted by Gasteiger charge is -2.32. The zero-order chi connectivity index (χ0) is 18.3. The number of carbonyl (C=O) groups is 3. The maximum atomic E-state index is 12.8. The first-order chi connectivity index (χ1) is 12.5. The van der Waals surface area contributed by atoms with Gasteiger partial charge in [-0.1, -0.05) is 0 Å². The van der Waals surface area contributed by atoms with Crippen molar-refractivity contribution in [1.82, 2.24) is 15.1 Å². The van der Waals surface area contributed by atoms with E-state index in [0.717, 1.165) is 19.4 Å². The first-order valence-electron chi connectivity index (χ1n) is 9.19. The lowest BCUT2D eigenvalue weighted by atomic mass is 10.0. The molecule has 1 N–H and O–H groups in total. The monoisotopic (exact) mass is 357 g/mol. The zero-order valence-electron chi connectivity index (χ0n) is 14.9. The molecule has 2 unspecified atom stereocenters. The highest BCUT2D eigenvalue weighted by molar-refractivity contribution is 6.22. The van der Waals surface area contributed by atoms with Crippen LogP contribution in [0.2, 0.25) is 0 Å². The molecule has 26 heavy (non-hydrogen) atoms. The number of hydrogen-bond acceptors (Lipinski definition) is 5. The number of piperazine rings is 1. The van der Waals surface area contributed by atoms with E-state index in [-0.39, 0.29) is 36.4 Å². The molecule has 3 amide bonds. The fraction of sp³-hybridized carbons (Fsp3) is 0.526. The Kier molecular flexibility index (Phi) is 4.50. The third kappa shape index (κ3) is 3.01. The van der Waals surface area contributed by atoms with Crippen molar-refractivity contribution >= 4 is 17.7 Å². The van der Waals surface area contributed by atoms with Crippen LogP contribution < -0.4 is 5.32 Å². The number of rotatable bonds is 3. The minimum absolute atomic E-state index is 0.0827. The SMILES string of the molecule is CC1CN(C(=O)c2ccc3c(c2)C(=O)N(CC2CCCO2)C3=O)CCN1. The van der Waals surface area contributed by atoms with Gasteiger partial charge < -0.3 is 15.0 Å². The summed E-state index contributed by atoms with van der Waals surface area (Å²) in [7, 11) is 0. The fourth-order valence-corrected chi connectivity index (χ4v) is 3.88. The summed E-state index contributed by atoms with van der Waals surface area (Å²) in [5, 5.41) is 3.30. The van der Waals surface area contributed by atoms with E-state index in [2.05, 4.69) is 5.32 Å². The number of nitrogens with one attached hydrogen (secondary N) is 1. The molecule has 0 aliphatic carbocycles. The molecule has 4 rings (SSSR count). The standard InChI is InChI=1S/C19H23N3O4/c1-12-10-21(7-6-20-12)17(23)13-4-5-15-16(9-13)19(25)22(18(15)24)11-14-3-2-8-26-14/h4-5,9,12,14,20H,2-3,6-8,10-11H2,1H3. The Morgan fingerprint density at radius 3 is 2.81 bits per heavy atom. The van der Waals surface area contributed by atoms with E-state index < -0.39 is 0 Å². The van der Waals surface area contributed by atoms with Gasteiger partial charge in [-0.3, -0.25) is 19.3 Å². The molecule has 3 heterocycles. The van der Waals surface area contributed by atoms with Crippen molar-refractivity contribution in [3.63, 3.8) is 0 Å². The zero-order valence-corrected chi connectivity index (χ0v) is 14.9. The van der Waals surface area contributed by atoms with E-state index in [1.54, 1.807) is 23.1 Å². The molecule has 2 fully saturated rings. The second-order valence-corrected chi connectivity index (χ2v) is 7.22. The number of ether oxygens (including phenoxy) is 1.